The first-order valence-corrected chi connectivity index (χ1v) is 6.24. The van der Waals surface area contributed by atoms with Crippen LogP contribution in [0.5, 0.6) is 0 Å². The highest BCUT2D eigenvalue weighted by Gasteiger charge is 2.10. The van der Waals surface area contributed by atoms with Crippen LogP contribution in [0.25, 0.3) is 22.9 Å². The van der Waals surface area contributed by atoms with Crippen LogP contribution < -0.4 is 0 Å². The van der Waals surface area contributed by atoms with Crippen LogP contribution in [0, 0.1) is 11.3 Å². The summed E-state index contributed by atoms with van der Waals surface area (Å²) in [6.07, 6.45) is 0. The van der Waals surface area contributed by atoms with E-state index in [1.807, 2.05) is 12.1 Å². The van der Waals surface area contributed by atoms with Crippen molar-refractivity contribution in [2.24, 2.45) is 0 Å². The molecule has 3 aromatic rings. The van der Waals surface area contributed by atoms with Gasteiger partial charge >= 0.3 is 0 Å². The van der Waals surface area contributed by atoms with Crippen LogP contribution in [0.2, 0.25) is 5.02 Å². The fourth-order valence-electron chi connectivity index (χ4n) is 1.74. The zero-order chi connectivity index (χ0) is 13.9. The number of nitriles is 1. The highest BCUT2D eigenvalue weighted by atomic mass is 35.5. The van der Waals surface area contributed by atoms with Gasteiger partial charge in [0.1, 0.15) is 0 Å². The average molecular weight is 282 g/mol. The number of hydrogen-bond acceptors (Lipinski definition) is 4. The van der Waals surface area contributed by atoms with E-state index in [0.717, 1.165) is 11.1 Å². The molecule has 0 aliphatic heterocycles. The molecular weight excluding hydrogens is 274 g/mol. The van der Waals surface area contributed by atoms with Gasteiger partial charge in [-0.1, -0.05) is 11.6 Å². The molecule has 0 N–H and O–H groups in total. The molecule has 0 saturated carbocycles. The smallest absolute Gasteiger partial charge is 0.248 e. The molecule has 0 radical (unpaired) electrons. The Hall–Kier alpha value is -2.64. The Bertz CT molecular complexity index is 770. The van der Waals surface area contributed by atoms with Crippen molar-refractivity contribution in [1.82, 2.24) is 10.2 Å². The molecule has 20 heavy (non-hydrogen) atoms. The maximum absolute atomic E-state index is 8.76. The van der Waals surface area contributed by atoms with Crippen LogP contribution >= 0.6 is 11.6 Å². The Labute approximate surface area is 120 Å². The lowest BCUT2D eigenvalue weighted by molar-refractivity contribution is 0.584. The predicted octanol–water partition coefficient (Wildman–Crippen LogP) is 3.93. The van der Waals surface area contributed by atoms with E-state index in [1.54, 1.807) is 36.4 Å². The van der Waals surface area contributed by atoms with Crippen molar-refractivity contribution in [3.05, 3.63) is 59.1 Å². The molecule has 2 aromatic carbocycles. The van der Waals surface area contributed by atoms with E-state index < -0.39 is 0 Å². The molecule has 0 saturated heterocycles. The summed E-state index contributed by atoms with van der Waals surface area (Å²) in [4.78, 5) is 0. The fraction of sp³-hybridized carbons (Fsp3) is 0. The van der Waals surface area contributed by atoms with Gasteiger partial charge in [-0.2, -0.15) is 5.26 Å². The van der Waals surface area contributed by atoms with Crippen molar-refractivity contribution in [2.45, 2.75) is 0 Å². The van der Waals surface area contributed by atoms with Crippen molar-refractivity contribution in [2.75, 3.05) is 0 Å². The number of rotatable bonds is 2. The SMILES string of the molecule is N#Cc1ccc(-c2nnc(-c3ccc(Cl)cc3)o2)cc1. The summed E-state index contributed by atoms with van der Waals surface area (Å²) < 4.78 is 5.62. The molecule has 0 amide bonds. The quantitative estimate of drug-likeness (QED) is 0.714. The molecule has 1 heterocycles. The first-order valence-electron chi connectivity index (χ1n) is 5.86. The van der Waals surface area contributed by atoms with E-state index in [1.165, 1.54) is 0 Å². The van der Waals surface area contributed by atoms with Crippen LogP contribution in [0.3, 0.4) is 0 Å². The minimum absolute atomic E-state index is 0.416. The molecule has 0 unspecified atom stereocenters. The molecule has 0 fully saturated rings. The second kappa shape index (κ2) is 5.16. The van der Waals surface area contributed by atoms with Crippen LogP contribution in [0.15, 0.2) is 52.9 Å². The van der Waals surface area contributed by atoms with Gasteiger partial charge in [-0.3, -0.25) is 0 Å². The lowest BCUT2D eigenvalue weighted by Crippen LogP contribution is -1.78. The number of benzene rings is 2. The molecule has 1 aromatic heterocycles. The van der Waals surface area contributed by atoms with Crippen molar-refractivity contribution >= 4 is 11.6 Å². The van der Waals surface area contributed by atoms with Gasteiger partial charge in [0.2, 0.25) is 11.8 Å². The van der Waals surface area contributed by atoms with E-state index in [4.69, 9.17) is 21.3 Å². The van der Waals surface area contributed by atoms with Gasteiger partial charge in [0.25, 0.3) is 0 Å². The van der Waals surface area contributed by atoms with Crippen molar-refractivity contribution in [3.63, 3.8) is 0 Å². The summed E-state index contributed by atoms with van der Waals surface area (Å²) in [7, 11) is 0. The third-order valence-electron chi connectivity index (χ3n) is 2.78. The van der Waals surface area contributed by atoms with E-state index in [0.29, 0.717) is 22.4 Å². The number of halogens is 1. The molecule has 3 rings (SSSR count). The second-order valence-electron chi connectivity index (χ2n) is 4.11. The monoisotopic (exact) mass is 281 g/mol. The molecule has 5 heteroatoms. The summed E-state index contributed by atoms with van der Waals surface area (Å²) in [5, 5.41) is 17.4. The van der Waals surface area contributed by atoms with Crippen molar-refractivity contribution in [1.29, 1.82) is 5.26 Å². The van der Waals surface area contributed by atoms with Crippen LogP contribution in [0.4, 0.5) is 0 Å². The molecule has 4 nitrogen and oxygen atoms in total. The predicted molar refractivity (Wildman–Crippen MR) is 74.9 cm³/mol. The van der Waals surface area contributed by atoms with Gasteiger partial charge in [0, 0.05) is 16.1 Å². The molecule has 0 aliphatic rings. The van der Waals surface area contributed by atoms with E-state index in [2.05, 4.69) is 16.3 Å². The van der Waals surface area contributed by atoms with Gasteiger partial charge in [-0.05, 0) is 48.5 Å². The molecular formula is C15H8ClN3O. The summed E-state index contributed by atoms with van der Waals surface area (Å²) in [6.45, 7) is 0. The molecule has 0 spiro atoms. The molecule has 0 aliphatic carbocycles. The molecule has 0 bridgehead atoms. The van der Waals surface area contributed by atoms with Gasteiger partial charge < -0.3 is 4.42 Å². The zero-order valence-corrected chi connectivity index (χ0v) is 11.0. The largest absolute Gasteiger partial charge is 0.416 e. The highest BCUT2D eigenvalue weighted by Crippen LogP contribution is 2.24. The maximum Gasteiger partial charge on any atom is 0.248 e. The zero-order valence-electron chi connectivity index (χ0n) is 10.2. The van der Waals surface area contributed by atoms with Crippen LogP contribution in [0.1, 0.15) is 5.56 Å². The van der Waals surface area contributed by atoms with Crippen LogP contribution in [-0.2, 0) is 0 Å². The van der Waals surface area contributed by atoms with Crippen LogP contribution in [-0.4, -0.2) is 10.2 Å². The minimum atomic E-state index is 0.416. The topological polar surface area (TPSA) is 62.7 Å². The van der Waals surface area contributed by atoms with Gasteiger partial charge in [0.05, 0.1) is 11.6 Å². The Balaban J connectivity index is 1.93. The summed E-state index contributed by atoms with van der Waals surface area (Å²) >= 11 is 5.84. The Morgan fingerprint density at radius 3 is 1.85 bits per heavy atom. The second-order valence-corrected chi connectivity index (χ2v) is 4.54. The Kier molecular flexibility index (Phi) is 3.20. The van der Waals surface area contributed by atoms with Crippen molar-refractivity contribution in [3.8, 4) is 29.0 Å². The molecule has 0 atom stereocenters. The van der Waals surface area contributed by atoms with Gasteiger partial charge in [-0.25, -0.2) is 0 Å². The number of nitrogens with zero attached hydrogens (tertiary/aromatic N) is 3. The summed E-state index contributed by atoms with van der Waals surface area (Å²) in [5.74, 6) is 0.848. The molecule has 96 valence electrons. The summed E-state index contributed by atoms with van der Waals surface area (Å²) in [6, 6.07) is 16.2. The third kappa shape index (κ3) is 2.40. The van der Waals surface area contributed by atoms with Gasteiger partial charge in [-0.15, -0.1) is 10.2 Å². The lowest BCUT2D eigenvalue weighted by atomic mass is 10.1. The van der Waals surface area contributed by atoms with Gasteiger partial charge in [0.15, 0.2) is 0 Å². The maximum atomic E-state index is 8.76. The van der Waals surface area contributed by atoms with E-state index >= 15 is 0 Å². The Morgan fingerprint density at radius 1 is 0.850 bits per heavy atom. The normalized spacial score (nSPS) is 10.2. The minimum Gasteiger partial charge on any atom is -0.416 e. The van der Waals surface area contributed by atoms with E-state index in [-0.39, 0.29) is 0 Å². The number of hydrogen-bond donors (Lipinski definition) is 0. The first-order chi connectivity index (χ1) is 9.76. The standard InChI is InChI=1S/C15H8ClN3O/c16-13-7-5-12(6-8-13)15-19-18-14(20-15)11-3-1-10(9-17)2-4-11/h1-8H. The fourth-order valence-corrected chi connectivity index (χ4v) is 1.86. The third-order valence-corrected chi connectivity index (χ3v) is 3.03. The first kappa shape index (κ1) is 12.4. The highest BCUT2D eigenvalue weighted by molar-refractivity contribution is 6.30. The Morgan fingerprint density at radius 2 is 1.35 bits per heavy atom. The lowest BCUT2D eigenvalue weighted by Gasteiger charge is -1.95. The summed E-state index contributed by atoms with van der Waals surface area (Å²) in [5.41, 5.74) is 2.17. The van der Waals surface area contributed by atoms with Crippen molar-refractivity contribution < 1.29 is 4.42 Å². The number of aromatic nitrogens is 2. The van der Waals surface area contributed by atoms with E-state index in [9.17, 15) is 0 Å². The average Bonchev–Trinajstić information content (AvgIpc) is 2.98.